The lowest BCUT2D eigenvalue weighted by atomic mass is 9.90. The van der Waals surface area contributed by atoms with Gasteiger partial charge in [0.1, 0.15) is 0 Å². The summed E-state index contributed by atoms with van der Waals surface area (Å²) < 4.78 is 0. The zero-order valence-electron chi connectivity index (χ0n) is 19.6. The molecule has 1 amide bonds. The molecule has 0 aliphatic carbocycles. The highest BCUT2D eigenvalue weighted by Crippen LogP contribution is 2.24. The lowest BCUT2D eigenvalue weighted by Crippen LogP contribution is -2.48. The quantitative estimate of drug-likeness (QED) is 0.567. The number of benzene rings is 1. The van der Waals surface area contributed by atoms with Gasteiger partial charge in [-0.2, -0.15) is 0 Å². The van der Waals surface area contributed by atoms with Crippen molar-refractivity contribution in [3.8, 4) is 0 Å². The van der Waals surface area contributed by atoms with Crippen molar-refractivity contribution in [3.63, 3.8) is 0 Å². The highest BCUT2D eigenvalue weighted by molar-refractivity contribution is 5.92. The van der Waals surface area contributed by atoms with Crippen molar-refractivity contribution < 1.29 is 4.79 Å². The number of piperazine rings is 1. The van der Waals surface area contributed by atoms with Crippen molar-refractivity contribution in [1.82, 2.24) is 25.0 Å². The van der Waals surface area contributed by atoms with Gasteiger partial charge in [-0.3, -0.25) is 14.7 Å². The molecule has 2 fully saturated rings. The fourth-order valence-electron chi connectivity index (χ4n) is 4.94. The van der Waals surface area contributed by atoms with Gasteiger partial charge in [-0.25, -0.2) is 0 Å². The molecule has 0 saturated carbocycles. The Hall–Kier alpha value is -3.32. The fraction of sp³-hybridized carbons (Fsp3) is 0.407. The van der Waals surface area contributed by atoms with Crippen molar-refractivity contribution in [2.45, 2.75) is 25.8 Å². The van der Waals surface area contributed by atoms with E-state index in [0.29, 0.717) is 24.7 Å². The van der Waals surface area contributed by atoms with E-state index in [1.54, 1.807) is 0 Å². The summed E-state index contributed by atoms with van der Waals surface area (Å²) in [6, 6.07) is 18.6. The molecule has 2 aromatic heterocycles. The zero-order valence-corrected chi connectivity index (χ0v) is 19.6. The van der Waals surface area contributed by atoms with Gasteiger partial charge in [-0.15, -0.1) is 10.2 Å². The zero-order chi connectivity index (χ0) is 23.2. The number of piperidine rings is 1. The van der Waals surface area contributed by atoms with Crippen LogP contribution in [0.15, 0.2) is 67.0 Å². The van der Waals surface area contributed by atoms with Crippen LogP contribution in [0, 0.1) is 5.92 Å². The number of hydrogen-bond donors (Lipinski definition) is 0. The third-order valence-electron chi connectivity index (χ3n) is 6.99. The third-order valence-corrected chi connectivity index (χ3v) is 6.99. The Morgan fingerprint density at radius 2 is 1.53 bits per heavy atom. The number of nitrogens with zero attached hydrogens (tertiary/aromatic N) is 6. The summed E-state index contributed by atoms with van der Waals surface area (Å²) in [4.78, 5) is 23.6. The van der Waals surface area contributed by atoms with Crippen LogP contribution in [-0.4, -0.2) is 70.2 Å². The first-order valence-corrected chi connectivity index (χ1v) is 12.3. The monoisotopic (exact) mass is 456 g/mol. The van der Waals surface area contributed by atoms with Gasteiger partial charge >= 0.3 is 0 Å². The predicted octanol–water partition coefficient (Wildman–Crippen LogP) is 3.29. The molecule has 0 radical (unpaired) electrons. The number of aromatic nitrogens is 3. The van der Waals surface area contributed by atoms with Crippen LogP contribution in [0.4, 0.5) is 5.82 Å². The minimum atomic E-state index is -0.0239. The van der Waals surface area contributed by atoms with E-state index in [1.807, 2.05) is 41.6 Å². The molecule has 5 rings (SSSR count). The topological polar surface area (TPSA) is 65.5 Å². The van der Waals surface area contributed by atoms with Gasteiger partial charge in [0.05, 0.1) is 0 Å². The second-order valence-electron chi connectivity index (χ2n) is 9.32. The molecule has 0 bridgehead atoms. The van der Waals surface area contributed by atoms with Gasteiger partial charge in [0.15, 0.2) is 11.5 Å². The summed E-state index contributed by atoms with van der Waals surface area (Å²) in [5.74, 6) is 1.56. The van der Waals surface area contributed by atoms with Crippen LogP contribution in [0.25, 0.3) is 0 Å². The van der Waals surface area contributed by atoms with Crippen molar-refractivity contribution in [1.29, 1.82) is 0 Å². The first-order chi connectivity index (χ1) is 16.7. The molecular formula is C27H32N6O. The number of carbonyl (C=O) groups is 1. The number of carbonyl (C=O) groups excluding carboxylic acids is 1. The molecule has 0 unspecified atom stereocenters. The molecular weight excluding hydrogens is 424 g/mol. The van der Waals surface area contributed by atoms with E-state index in [0.717, 1.165) is 57.8 Å². The van der Waals surface area contributed by atoms with Crippen molar-refractivity contribution in [2.75, 3.05) is 44.2 Å². The fourth-order valence-corrected chi connectivity index (χ4v) is 4.94. The number of hydrogen-bond acceptors (Lipinski definition) is 6. The van der Waals surface area contributed by atoms with E-state index >= 15 is 0 Å². The molecule has 34 heavy (non-hydrogen) atoms. The van der Waals surface area contributed by atoms with Crippen LogP contribution >= 0.6 is 0 Å². The maximum atomic E-state index is 13.0. The average Bonchev–Trinajstić information content (AvgIpc) is 2.91. The van der Waals surface area contributed by atoms with E-state index < -0.39 is 0 Å². The maximum absolute atomic E-state index is 13.0. The van der Waals surface area contributed by atoms with Gasteiger partial charge in [0.2, 0.25) is 0 Å². The molecule has 2 aliphatic heterocycles. The highest BCUT2D eigenvalue weighted by Gasteiger charge is 2.25. The van der Waals surface area contributed by atoms with Crippen LogP contribution in [0.2, 0.25) is 0 Å². The number of amides is 1. The second-order valence-corrected chi connectivity index (χ2v) is 9.32. The summed E-state index contributed by atoms with van der Waals surface area (Å²) in [7, 11) is 0. The van der Waals surface area contributed by atoms with Crippen LogP contribution < -0.4 is 4.90 Å². The summed E-state index contributed by atoms with van der Waals surface area (Å²) in [5.41, 5.74) is 3.10. The number of rotatable bonds is 6. The molecule has 2 saturated heterocycles. The largest absolute Gasteiger partial charge is 0.355 e. The van der Waals surface area contributed by atoms with Gasteiger partial charge in [-0.1, -0.05) is 30.3 Å². The molecule has 1 aromatic carbocycles. The summed E-state index contributed by atoms with van der Waals surface area (Å²) in [5, 5.41) is 8.71. The Bertz CT molecular complexity index is 1040. The van der Waals surface area contributed by atoms with Crippen molar-refractivity contribution >= 4 is 11.7 Å². The Morgan fingerprint density at radius 1 is 0.794 bits per heavy atom. The van der Waals surface area contributed by atoms with Crippen LogP contribution in [0.5, 0.6) is 0 Å². The van der Waals surface area contributed by atoms with Gasteiger partial charge < -0.3 is 9.80 Å². The Balaban J connectivity index is 1.09. The van der Waals surface area contributed by atoms with Crippen LogP contribution in [0.3, 0.4) is 0 Å². The molecule has 7 nitrogen and oxygen atoms in total. The SMILES string of the molecule is O=C(c1ccc(N2CCC(Cc3ccccc3)CC2)nn1)N1CCN(Cc2ccncc2)CC1. The summed E-state index contributed by atoms with van der Waals surface area (Å²) in [6.45, 7) is 6.00. The van der Waals surface area contributed by atoms with E-state index in [9.17, 15) is 4.79 Å². The molecule has 7 heteroatoms. The first-order valence-electron chi connectivity index (χ1n) is 12.3. The maximum Gasteiger partial charge on any atom is 0.274 e. The smallest absolute Gasteiger partial charge is 0.274 e. The van der Waals surface area contributed by atoms with Crippen molar-refractivity contribution in [2.24, 2.45) is 5.92 Å². The highest BCUT2D eigenvalue weighted by atomic mass is 16.2. The Labute approximate surface area is 201 Å². The molecule has 2 aliphatic rings. The molecule has 0 spiro atoms. The minimum absolute atomic E-state index is 0.0239. The second kappa shape index (κ2) is 10.7. The molecule has 3 aromatic rings. The summed E-state index contributed by atoms with van der Waals surface area (Å²) >= 11 is 0. The van der Waals surface area contributed by atoms with Gasteiger partial charge in [0, 0.05) is 58.2 Å². The third kappa shape index (κ3) is 5.59. The molecule has 0 atom stereocenters. The first kappa shape index (κ1) is 22.5. The number of pyridine rings is 1. The van der Waals surface area contributed by atoms with Crippen molar-refractivity contribution in [3.05, 3.63) is 83.8 Å². The van der Waals surface area contributed by atoms with E-state index in [4.69, 9.17) is 0 Å². The Kier molecular flexibility index (Phi) is 7.10. The molecule has 4 heterocycles. The van der Waals surface area contributed by atoms with Gasteiger partial charge in [-0.05, 0) is 60.6 Å². The van der Waals surface area contributed by atoms with Gasteiger partial charge in [0.25, 0.3) is 5.91 Å². The predicted molar refractivity (Wildman–Crippen MR) is 133 cm³/mol. The molecule has 176 valence electrons. The standard InChI is InChI=1S/C27H32N6O/c34-27(33-18-16-31(17-19-33)21-24-8-12-28-13-9-24)25-6-7-26(30-29-25)32-14-10-23(11-15-32)20-22-4-2-1-3-5-22/h1-9,12-13,23H,10-11,14-21H2. The van der Waals surface area contributed by atoms with E-state index in [1.165, 1.54) is 11.1 Å². The van der Waals surface area contributed by atoms with Crippen LogP contribution in [-0.2, 0) is 13.0 Å². The lowest BCUT2D eigenvalue weighted by molar-refractivity contribution is 0.0621. The van der Waals surface area contributed by atoms with E-state index in [-0.39, 0.29) is 5.91 Å². The average molecular weight is 457 g/mol. The number of anilines is 1. The normalized spacial score (nSPS) is 17.6. The minimum Gasteiger partial charge on any atom is -0.355 e. The summed E-state index contributed by atoms with van der Waals surface area (Å²) in [6.07, 6.45) is 7.10. The Morgan fingerprint density at radius 3 is 2.21 bits per heavy atom. The van der Waals surface area contributed by atoms with Crippen LogP contribution in [0.1, 0.15) is 34.5 Å². The molecule has 0 N–H and O–H groups in total. The van der Waals surface area contributed by atoms with E-state index in [2.05, 4.69) is 55.3 Å². The lowest BCUT2D eigenvalue weighted by Gasteiger charge is -2.34.